The molecule has 0 saturated carbocycles. The van der Waals surface area contributed by atoms with Crippen molar-refractivity contribution >= 4 is 17.9 Å². The van der Waals surface area contributed by atoms with Crippen molar-refractivity contribution in [3.05, 3.63) is 16.4 Å². The summed E-state index contributed by atoms with van der Waals surface area (Å²) in [6, 6.07) is 0. The molecule has 0 bridgehead atoms. The molecule has 1 atom stereocenters. The molecule has 1 heterocycles. The van der Waals surface area contributed by atoms with Crippen molar-refractivity contribution in [1.29, 1.82) is 0 Å². The Kier molecular flexibility index (Phi) is 4.10. The fourth-order valence-electron chi connectivity index (χ4n) is 1.57. The lowest BCUT2D eigenvalue weighted by Gasteiger charge is -2.16. The summed E-state index contributed by atoms with van der Waals surface area (Å²) in [5, 5.41) is 14.6. The van der Waals surface area contributed by atoms with Crippen LogP contribution in [-0.4, -0.2) is 26.8 Å². The van der Waals surface area contributed by atoms with Crippen LogP contribution in [0.2, 0.25) is 5.02 Å². The molecule has 1 aromatic heterocycles. The normalized spacial score (nSPS) is 14.8. The van der Waals surface area contributed by atoms with Crippen molar-refractivity contribution in [2.45, 2.75) is 45.8 Å². The van der Waals surface area contributed by atoms with E-state index in [4.69, 9.17) is 11.6 Å². The minimum absolute atomic E-state index is 0.191. The van der Waals surface area contributed by atoms with Gasteiger partial charge in [0.1, 0.15) is 5.60 Å². The summed E-state index contributed by atoms with van der Waals surface area (Å²) in [5.41, 5.74) is 0.139. The van der Waals surface area contributed by atoms with Crippen LogP contribution in [0.1, 0.15) is 32.2 Å². The maximum atomic E-state index is 10.7. The smallest absolute Gasteiger partial charge is 0.151 e. The van der Waals surface area contributed by atoms with Gasteiger partial charge in [-0.2, -0.15) is 5.10 Å². The van der Waals surface area contributed by atoms with Crippen LogP contribution < -0.4 is 0 Å². The third-order valence-corrected chi connectivity index (χ3v) is 2.91. The van der Waals surface area contributed by atoms with Crippen LogP contribution in [-0.2, 0) is 24.2 Å². The second-order valence-corrected chi connectivity index (χ2v) is 4.41. The van der Waals surface area contributed by atoms with Gasteiger partial charge in [-0.05, 0) is 20.3 Å². The average Bonchev–Trinajstić information content (AvgIpc) is 2.55. The van der Waals surface area contributed by atoms with E-state index in [0.717, 1.165) is 17.8 Å². The summed E-state index contributed by atoms with van der Waals surface area (Å²) in [6.45, 7) is 6.05. The molecule has 1 aromatic rings. The number of carbonyl (C=O) groups excluding carboxylic acids is 1. The van der Waals surface area contributed by atoms with Crippen LogP contribution in [0.5, 0.6) is 0 Å². The summed E-state index contributed by atoms with van der Waals surface area (Å²) in [5.74, 6) is 0. The van der Waals surface area contributed by atoms with Crippen LogP contribution in [0.15, 0.2) is 0 Å². The van der Waals surface area contributed by atoms with Gasteiger partial charge < -0.3 is 9.90 Å². The molecule has 4 nitrogen and oxygen atoms in total. The number of aldehydes is 1. The molecule has 0 spiro atoms. The van der Waals surface area contributed by atoms with Crippen molar-refractivity contribution in [3.63, 3.8) is 0 Å². The third-order valence-electron chi connectivity index (χ3n) is 2.47. The minimum atomic E-state index is -1.39. The molecule has 0 amide bonds. The molecule has 0 aliphatic rings. The van der Waals surface area contributed by atoms with E-state index >= 15 is 0 Å². The molecule has 1 rings (SSSR count). The number of aryl methyl sites for hydroxylation is 2. The van der Waals surface area contributed by atoms with Crippen molar-refractivity contribution in [3.8, 4) is 0 Å². The monoisotopic (exact) mass is 244 g/mol. The zero-order valence-corrected chi connectivity index (χ0v) is 10.6. The van der Waals surface area contributed by atoms with Gasteiger partial charge in [0.2, 0.25) is 0 Å². The molecule has 0 saturated heterocycles. The molecule has 5 heteroatoms. The van der Waals surface area contributed by atoms with Crippen molar-refractivity contribution in [2.75, 3.05) is 0 Å². The summed E-state index contributed by atoms with van der Waals surface area (Å²) in [7, 11) is 0. The summed E-state index contributed by atoms with van der Waals surface area (Å²) in [4.78, 5) is 10.7. The van der Waals surface area contributed by atoms with Gasteiger partial charge in [-0.25, -0.2) is 0 Å². The summed E-state index contributed by atoms with van der Waals surface area (Å²) in [6.07, 6.45) is 1.46. The number of aliphatic hydroxyl groups is 1. The first-order chi connectivity index (χ1) is 7.45. The molecule has 16 heavy (non-hydrogen) atoms. The second kappa shape index (κ2) is 4.97. The van der Waals surface area contributed by atoms with E-state index in [2.05, 4.69) is 5.10 Å². The Morgan fingerprint density at radius 1 is 1.56 bits per heavy atom. The van der Waals surface area contributed by atoms with Gasteiger partial charge in [0.15, 0.2) is 6.29 Å². The van der Waals surface area contributed by atoms with E-state index in [1.165, 1.54) is 6.92 Å². The van der Waals surface area contributed by atoms with Gasteiger partial charge in [-0.15, -0.1) is 0 Å². The first-order valence-corrected chi connectivity index (χ1v) is 5.75. The summed E-state index contributed by atoms with van der Waals surface area (Å²) >= 11 is 6.16. The highest BCUT2D eigenvalue weighted by Gasteiger charge is 2.25. The molecule has 0 aromatic carbocycles. The van der Waals surface area contributed by atoms with Crippen LogP contribution in [0.25, 0.3) is 0 Å². The molecule has 0 aliphatic carbocycles. The number of carbonyl (C=O) groups is 1. The van der Waals surface area contributed by atoms with Gasteiger partial charge in [0.05, 0.1) is 16.4 Å². The van der Waals surface area contributed by atoms with E-state index in [1.54, 1.807) is 4.68 Å². The maximum Gasteiger partial charge on any atom is 0.151 e. The number of nitrogens with zero attached hydrogens (tertiary/aromatic N) is 2. The fourth-order valence-corrected chi connectivity index (χ4v) is 1.90. The first-order valence-electron chi connectivity index (χ1n) is 5.38. The number of hydrogen-bond donors (Lipinski definition) is 1. The van der Waals surface area contributed by atoms with Crippen LogP contribution in [0.3, 0.4) is 0 Å². The van der Waals surface area contributed by atoms with Crippen LogP contribution in [0.4, 0.5) is 0 Å². The molecule has 0 radical (unpaired) electrons. The van der Waals surface area contributed by atoms with Gasteiger partial charge >= 0.3 is 0 Å². The Morgan fingerprint density at radius 3 is 2.62 bits per heavy atom. The highest BCUT2D eigenvalue weighted by molar-refractivity contribution is 6.31. The minimum Gasteiger partial charge on any atom is -0.382 e. The fraction of sp³-hybridized carbons (Fsp3) is 0.636. The molecule has 90 valence electrons. The van der Waals surface area contributed by atoms with Crippen molar-refractivity contribution in [1.82, 2.24) is 9.78 Å². The summed E-state index contributed by atoms with van der Waals surface area (Å²) < 4.78 is 1.74. The van der Waals surface area contributed by atoms with Crippen LogP contribution >= 0.6 is 11.6 Å². The number of aromatic nitrogens is 2. The lowest BCUT2D eigenvalue weighted by atomic mass is 10.0. The predicted molar refractivity (Wildman–Crippen MR) is 62.7 cm³/mol. The van der Waals surface area contributed by atoms with E-state index < -0.39 is 5.60 Å². The average molecular weight is 245 g/mol. The van der Waals surface area contributed by atoms with Gasteiger partial charge in [-0.1, -0.05) is 18.5 Å². The van der Waals surface area contributed by atoms with E-state index in [9.17, 15) is 9.90 Å². The Labute approximate surface area is 100 Å². The molecular formula is C11H17ClN2O2. The molecule has 0 fully saturated rings. The lowest BCUT2D eigenvalue weighted by Crippen LogP contribution is -2.30. The number of hydrogen-bond acceptors (Lipinski definition) is 3. The van der Waals surface area contributed by atoms with E-state index in [1.807, 2.05) is 13.8 Å². The van der Waals surface area contributed by atoms with Gasteiger partial charge in [0, 0.05) is 13.0 Å². The Morgan fingerprint density at radius 2 is 2.19 bits per heavy atom. The Balaban J connectivity index is 3.11. The van der Waals surface area contributed by atoms with E-state index in [-0.39, 0.29) is 6.42 Å². The largest absolute Gasteiger partial charge is 0.382 e. The number of halogens is 1. The van der Waals surface area contributed by atoms with Crippen molar-refractivity contribution < 1.29 is 9.90 Å². The Bertz CT molecular complexity index is 386. The highest BCUT2D eigenvalue weighted by Crippen LogP contribution is 2.24. The highest BCUT2D eigenvalue weighted by atomic mass is 35.5. The molecule has 1 N–H and O–H groups in total. The lowest BCUT2D eigenvalue weighted by molar-refractivity contribution is -0.122. The van der Waals surface area contributed by atoms with Crippen molar-refractivity contribution in [2.24, 2.45) is 0 Å². The SMILES string of the molecule is CCc1nn(CC)c(CC(C)(O)C=O)c1Cl. The maximum absolute atomic E-state index is 10.7. The zero-order chi connectivity index (χ0) is 12.3. The first kappa shape index (κ1) is 13.2. The second-order valence-electron chi connectivity index (χ2n) is 4.03. The standard InChI is InChI=1S/C11H17ClN2O2/c1-4-8-10(12)9(14(5-2)13-8)6-11(3,16)7-15/h7,16H,4-6H2,1-3H3. The predicted octanol–water partition coefficient (Wildman–Crippen LogP) is 1.61. The Hall–Kier alpha value is -0.870. The van der Waals surface area contributed by atoms with Crippen LogP contribution in [0, 0.1) is 0 Å². The zero-order valence-electron chi connectivity index (χ0n) is 9.83. The molecule has 0 aliphatic heterocycles. The quantitative estimate of drug-likeness (QED) is 0.801. The van der Waals surface area contributed by atoms with E-state index in [0.29, 0.717) is 17.9 Å². The number of rotatable bonds is 5. The van der Waals surface area contributed by atoms with Gasteiger partial charge in [-0.3, -0.25) is 4.68 Å². The third kappa shape index (κ3) is 2.62. The molecule has 1 unspecified atom stereocenters. The van der Waals surface area contributed by atoms with Gasteiger partial charge in [0.25, 0.3) is 0 Å². The topological polar surface area (TPSA) is 55.1 Å². The molecular weight excluding hydrogens is 228 g/mol.